The van der Waals surface area contributed by atoms with Gasteiger partial charge in [-0.15, -0.1) is 0 Å². The number of carbonyl (C=O) groups is 1. The maximum absolute atomic E-state index is 13.6. The fourth-order valence-electron chi connectivity index (χ4n) is 6.09. The van der Waals surface area contributed by atoms with Crippen LogP contribution in [0.25, 0.3) is 22.3 Å². The third-order valence-electron chi connectivity index (χ3n) is 7.43. The molecule has 6 nitrogen and oxygen atoms in total. The molecule has 0 aliphatic carbocycles. The van der Waals surface area contributed by atoms with Gasteiger partial charge in [-0.1, -0.05) is 59.7 Å². The molecule has 1 heterocycles. The SMILES string of the molecule is COC(=O)c1c(-c2ccc(O)cc2)c(-c2ccc(OC)c(OC)c2)cn1[Si](C(C)C)(C(C)C)C(C)C. The number of phenolic OH excluding ortho intramolecular Hbond substituents is 1. The van der Waals surface area contributed by atoms with E-state index in [4.69, 9.17) is 14.2 Å². The van der Waals surface area contributed by atoms with Gasteiger partial charge in [-0.3, -0.25) is 0 Å². The molecule has 0 aliphatic heterocycles. The van der Waals surface area contributed by atoms with E-state index in [1.54, 1.807) is 26.4 Å². The third kappa shape index (κ3) is 4.52. The Morgan fingerprint density at radius 2 is 1.33 bits per heavy atom. The van der Waals surface area contributed by atoms with Gasteiger partial charge in [0.15, 0.2) is 19.7 Å². The lowest BCUT2D eigenvalue weighted by molar-refractivity contribution is 0.0593. The van der Waals surface area contributed by atoms with E-state index in [0.29, 0.717) is 33.8 Å². The average molecular weight is 510 g/mol. The summed E-state index contributed by atoms with van der Waals surface area (Å²) >= 11 is 0. The van der Waals surface area contributed by atoms with Crippen molar-refractivity contribution in [2.24, 2.45) is 0 Å². The Hall–Kier alpha value is -3.19. The van der Waals surface area contributed by atoms with Crippen LogP contribution in [-0.2, 0) is 4.74 Å². The molecular formula is C29H39NO5Si. The summed E-state index contributed by atoms with van der Waals surface area (Å²) in [5, 5.41) is 9.97. The maximum atomic E-state index is 13.6. The summed E-state index contributed by atoms with van der Waals surface area (Å²) < 4.78 is 18.7. The summed E-state index contributed by atoms with van der Waals surface area (Å²) in [5.41, 5.74) is 5.05. The van der Waals surface area contributed by atoms with Gasteiger partial charge >= 0.3 is 5.97 Å². The van der Waals surface area contributed by atoms with E-state index < -0.39 is 8.24 Å². The Morgan fingerprint density at radius 1 is 0.806 bits per heavy atom. The van der Waals surface area contributed by atoms with Crippen molar-refractivity contribution in [1.82, 2.24) is 4.23 Å². The van der Waals surface area contributed by atoms with Gasteiger partial charge in [0, 0.05) is 17.3 Å². The number of hydrogen-bond donors (Lipinski definition) is 1. The van der Waals surface area contributed by atoms with Crippen LogP contribution in [0.1, 0.15) is 52.0 Å². The lowest BCUT2D eigenvalue weighted by atomic mass is 9.96. The molecule has 0 aliphatic rings. The Kier molecular flexibility index (Phi) is 8.24. The van der Waals surface area contributed by atoms with Crippen molar-refractivity contribution < 1.29 is 24.1 Å². The van der Waals surface area contributed by atoms with Crippen LogP contribution < -0.4 is 9.47 Å². The number of rotatable bonds is 9. The van der Waals surface area contributed by atoms with Crippen LogP contribution >= 0.6 is 0 Å². The molecule has 0 saturated carbocycles. The number of esters is 1. The van der Waals surface area contributed by atoms with Crippen molar-refractivity contribution in [2.75, 3.05) is 21.3 Å². The van der Waals surface area contributed by atoms with Gasteiger partial charge in [0.1, 0.15) is 11.4 Å². The minimum atomic E-state index is -2.34. The largest absolute Gasteiger partial charge is 0.508 e. The minimum Gasteiger partial charge on any atom is -0.508 e. The number of ether oxygens (including phenoxy) is 3. The Morgan fingerprint density at radius 3 is 1.81 bits per heavy atom. The number of hydrogen-bond acceptors (Lipinski definition) is 5. The van der Waals surface area contributed by atoms with Gasteiger partial charge in [-0.2, -0.15) is 0 Å². The zero-order valence-electron chi connectivity index (χ0n) is 22.9. The highest BCUT2D eigenvalue weighted by Crippen LogP contribution is 2.48. The topological polar surface area (TPSA) is 69.9 Å². The van der Waals surface area contributed by atoms with E-state index in [1.165, 1.54) is 7.11 Å². The second kappa shape index (κ2) is 10.8. The molecule has 0 spiro atoms. The Labute approximate surface area is 215 Å². The highest BCUT2D eigenvalue weighted by atomic mass is 28.3. The molecule has 2 aromatic carbocycles. The van der Waals surface area contributed by atoms with Crippen molar-refractivity contribution in [3.05, 3.63) is 54.4 Å². The fourth-order valence-corrected chi connectivity index (χ4v) is 12.7. The maximum Gasteiger partial charge on any atom is 0.354 e. The standard InChI is InChI=1S/C29H39NO5Si/c1-18(2)36(19(3)4,20(5)6)30-17-24(22-12-15-25(33-7)26(16-22)34-8)27(28(30)29(32)35-9)21-10-13-23(31)14-11-21/h10-20,31H,1-9H3. The summed E-state index contributed by atoms with van der Waals surface area (Å²) in [4.78, 5) is 13.6. The molecule has 0 atom stereocenters. The van der Waals surface area contributed by atoms with Crippen LogP contribution in [0.3, 0.4) is 0 Å². The zero-order chi connectivity index (χ0) is 26.8. The van der Waals surface area contributed by atoms with Crippen molar-refractivity contribution in [2.45, 2.75) is 58.2 Å². The van der Waals surface area contributed by atoms with Crippen LogP contribution in [0.2, 0.25) is 16.6 Å². The molecule has 0 bridgehead atoms. The van der Waals surface area contributed by atoms with E-state index in [-0.39, 0.29) is 11.7 Å². The number of aromatic hydroxyl groups is 1. The molecule has 1 N–H and O–H groups in total. The Bertz CT molecular complexity index is 1190. The van der Waals surface area contributed by atoms with E-state index in [2.05, 4.69) is 52.0 Å². The van der Waals surface area contributed by atoms with Gasteiger partial charge in [-0.25, -0.2) is 4.79 Å². The van der Waals surface area contributed by atoms with E-state index in [0.717, 1.165) is 22.3 Å². The second-order valence-corrected chi connectivity index (χ2v) is 15.8. The van der Waals surface area contributed by atoms with E-state index >= 15 is 0 Å². The van der Waals surface area contributed by atoms with E-state index in [1.807, 2.05) is 30.3 Å². The van der Waals surface area contributed by atoms with Crippen molar-refractivity contribution in [1.29, 1.82) is 0 Å². The number of methoxy groups -OCH3 is 3. The summed E-state index contributed by atoms with van der Waals surface area (Å²) in [6.45, 7) is 13.6. The first-order chi connectivity index (χ1) is 17.0. The first-order valence-corrected chi connectivity index (χ1v) is 14.6. The number of nitrogens with zero attached hydrogens (tertiary/aromatic N) is 1. The number of benzene rings is 2. The molecule has 36 heavy (non-hydrogen) atoms. The van der Waals surface area contributed by atoms with Gasteiger partial charge in [-0.05, 0) is 52.0 Å². The molecule has 0 saturated heterocycles. The minimum absolute atomic E-state index is 0.167. The molecule has 3 rings (SSSR count). The van der Waals surface area contributed by atoms with E-state index in [9.17, 15) is 9.90 Å². The van der Waals surface area contributed by atoms with Crippen molar-refractivity contribution >= 4 is 14.2 Å². The Balaban J connectivity index is 2.53. The molecule has 7 heteroatoms. The first-order valence-electron chi connectivity index (χ1n) is 12.4. The average Bonchev–Trinajstić information content (AvgIpc) is 3.23. The highest BCUT2D eigenvalue weighted by Gasteiger charge is 2.48. The quantitative estimate of drug-likeness (QED) is 0.241. The molecule has 3 aromatic rings. The molecule has 0 unspecified atom stereocenters. The van der Waals surface area contributed by atoms with Crippen molar-refractivity contribution in [3.8, 4) is 39.5 Å². The van der Waals surface area contributed by atoms with Crippen LogP contribution in [0, 0.1) is 0 Å². The lowest BCUT2D eigenvalue weighted by Gasteiger charge is -2.44. The molecule has 0 radical (unpaired) electrons. The van der Waals surface area contributed by atoms with Crippen LogP contribution in [-0.4, -0.2) is 44.9 Å². The first kappa shape index (κ1) is 27.4. The smallest absolute Gasteiger partial charge is 0.354 e. The molecular weight excluding hydrogens is 470 g/mol. The molecule has 194 valence electrons. The van der Waals surface area contributed by atoms with Crippen molar-refractivity contribution in [3.63, 3.8) is 0 Å². The van der Waals surface area contributed by atoms with Gasteiger partial charge in [0.05, 0.1) is 21.3 Å². The molecule has 0 amide bonds. The summed E-state index contributed by atoms with van der Waals surface area (Å²) in [5.74, 6) is 1.04. The summed E-state index contributed by atoms with van der Waals surface area (Å²) in [7, 11) is 2.31. The van der Waals surface area contributed by atoms with Crippen LogP contribution in [0.4, 0.5) is 0 Å². The number of phenols is 1. The third-order valence-corrected chi connectivity index (χ3v) is 14.2. The second-order valence-electron chi connectivity index (χ2n) is 10.1. The number of aromatic nitrogens is 1. The fraction of sp³-hybridized carbons (Fsp3) is 0.414. The highest BCUT2D eigenvalue weighted by molar-refractivity contribution is 6.82. The predicted molar refractivity (Wildman–Crippen MR) is 148 cm³/mol. The summed E-state index contributed by atoms with van der Waals surface area (Å²) in [6, 6.07) is 12.8. The molecule has 1 aromatic heterocycles. The zero-order valence-corrected chi connectivity index (χ0v) is 23.9. The monoisotopic (exact) mass is 509 g/mol. The van der Waals surface area contributed by atoms with Gasteiger partial charge in [0.25, 0.3) is 0 Å². The van der Waals surface area contributed by atoms with Gasteiger partial charge < -0.3 is 23.5 Å². The lowest BCUT2D eigenvalue weighted by Crippen LogP contribution is -2.52. The number of carbonyl (C=O) groups excluding carboxylic acids is 1. The van der Waals surface area contributed by atoms with Gasteiger partial charge in [0.2, 0.25) is 0 Å². The summed E-state index contributed by atoms with van der Waals surface area (Å²) in [6.07, 6.45) is 2.14. The van der Waals surface area contributed by atoms with Crippen LogP contribution in [0.15, 0.2) is 48.7 Å². The molecule has 0 fully saturated rings. The van der Waals surface area contributed by atoms with Crippen LogP contribution in [0.5, 0.6) is 17.2 Å². The normalized spacial score (nSPS) is 11.9. The predicted octanol–water partition coefficient (Wildman–Crippen LogP) is 7.36.